The molecule has 342 valence electrons. The fourth-order valence-electron chi connectivity index (χ4n) is 10.1. The molecule has 13 aromatic rings. The molecule has 0 atom stereocenters. The van der Waals surface area contributed by atoms with Crippen molar-refractivity contribution in [1.29, 1.82) is 0 Å². The number of aromatic nitrogens is 4. The van der Waals surface area contributed by atoms with Crippen LogP contribution in [0.1, 0.15) is 0 Å². The van der Waals surface area contributed by atoms with Gasteiger partial charge in [-0.15, -0.1) is 0 Å². The summed E-state index contributed by atoms with van der Waals surface area (Å²) in [5, 5.41) is 2.45. The third-order valence-electron chi connectivity index (χ3n) is 13.6. The van der Waals surface area contributed by atoms with Crippen molar-refractivity contribution in [3.05, 3.63) is 273 Å². The first-order chi connectivity index (χ1) is 36.2. The van der Waals surface area contributed by atoms with Gasteiger partial charge in [-0.05, 0) is 117 Å². The maximum absolute atomic E-state index is 5.24. The van der Waals surface area contributed by atoms with E-state index in [1.807, 2.05) is 60.7 Å². The van der Waals surface area contributed by atoms with E-state index in [-0.39, 0.29) is 0 Å². The lowest BCUT2D eigenvalue weighted by Crippen LogP contribution is -2.10. The maximum atomic E-state index is 5.24. The molecule has 0 aliphatic rings. The zero-order chi connectivity index (χ0) is 48.5. The lowest BCUT2D eigenvalue weighted by molar-refractivity contribution is 1.28. The van der Waals surface area contributed by atoms with E-state index < -0.39 is 0 Å². The van der Waals surface area contributed by atoms with Gasteiger partial charge in [0, 0.05) is 39.3 Å². The molecule has 0 unspecified atom stereocenters. The van der Waals surface area contributed by atoms with Crippen molar-refractivity contribution in [3.63, 3.8) is 0 Å². The second-order valence-electron chi connectivity index (χ2n) is 18.2. The summed E-state index contributed by atoms with van der Waals surface area (Å²) in [6.45, 7) is 0. The minimum atomic E-state index is 0.848. The van der Waals surface area contributed by atoms with E-state index in [1.165, 1.54) is 16.3 Å². The van der Waals surface area contributed by atoms with E-state index in [4.69, 9.17) is 19.9 Å². The number of hydrogen-bond acceptors (Lipinski definition) is 5. The molecular weight excluding hydrogens is 887 g/mol. The quantitative estimate of drug-likeness (QED) is 0.137. The molecule has 0 bridgehead atoms. The van der Waals surface area contributed by atoms with Crippen molar-refractivity contribution in [3.8, 4) is 78.4 Å². The van der Waals surface area contributed by atoms with Crippen molar-refractivity contribution < 1.29 is 0 Å². The highest BCUT2D eigenvalue weighted by molar-refractivity contribution is 5.97. The van der Waals surface area contributed by atoms with Crippen molar-refractivity contribution in [2.24, 2.45) is 0 Å². The summed E-state index contributed by atoms with van der Waals surface area (Å²) < 4.78 is 0. The van der Waals surface area contributed by atoms with Crippen molar-refractivity contribution >= 4 is 49.9 Å². The molecule has 0 aliphatic carbocycles. The predicted octanol–water partition coefficient (Wildman–Crippen LogP) is 17.9. The molecule has 0 fully saturated rings. The number of benzene rings is 11. The normalized spacial score (nSPS) is 11.3. The Kier molecular flexibility index (Phi) is 11.1. The van der Waals surface area contributed by atoms with E-state index in [2.05, 4.69) is 217 Å². The zero-order valence-corrected chi connectivity index (χ0v) is 39.7. The Labute approximate surface area is 424 Å². The molecule has 13 rings (SSSR count). The van der Waals surface area contributed by atoms with E-state index in [0.29, 0.717) is 0 Å². The third-order valence-corrected chi connectivity index (χ3v) is 13.6. The average Bonchev–Trinajstić information content (AvgIpc) is 3.47. The number of nitrogens with zero attached hydrogens (tertiary/aromatic N) is 5. The molecule has 2 heterocycles. The largest absolute Gasteiger partial charge is 0.310 e. The summed E-state index contributed by atoms with van der Waals surface area (Å²) in [6, 6.07) is 96.0. The number of hydrogen-bond donors (Lipinski definition) is 0. The van der Waals surface area contributed by atoms with Gasteiger partial charge in [0.15, 0.2) is 0 Å². The minimum Gasteiger partial charge on any atom is -0.310 e. The van der Waals surface area contributed by atoms with Crippen LogP contribution in [-0.2, 0) is 0 Å². The summed E-state index contributed by atoms with van der Waals surface area (Å²) in [4.78, 5) is 23.2. The van der Waals surface area contributed by atoms with Crippen molar-refractivity contribution in [2.75, 3.05) is 4.90 Å². The molecule has 0 amide bonds. The lowest BCUT2D eigenvalue weighted by atomic mass is 9.97. The van der Waals surface area contributed by atoms with Gasteiger partial charge in [-0.2, -0.15) is 0 Å². The Morgan fingerprint density at radius 2 is 0.575 bits per heavy atom. The molecule has 11 aromatic carbocycles. The second kappa shape index (κ2) is 18.8. The molecule has 0 saturated heterocycles. The lowest BCUT2D eigenvalue weighted by Gasteiger charge is -2.27. The van der Waals surface area contributed by atoms with Gasteiger partial charge in [0.1, 0.15) is 0 Å². The highest BCUT2D eigenvalue weighted by Gasteiger charge is 2.19. The van der Waals surface area contributed by atoms with Crippen molar-refractivity contribution in [1.82, 2.24) is 19.9 Å². The number of rotatable bonds is 10. The fraction of sp³-hybridized carbons (Fsp3) is 0. The topological polar surface area (TPSA) is 54.8 Å². The van der Waals surface area contributed by atoms with E-state index >= 15 is 0 Å². The van der Waals surface area contributed by atoms with Gasteiger partial charge in [0.05, 0.1) is 44.8 Å². The van der Waals surface area contributed by atoms with Crippen LogP contribution in [0.25, 0.3) is 111 Å². The van der Waals surface area contributed by atoms with Gasteiger partial charge in [-0.25, -0.2) is 19.9 Å². The summed E-state index contributed by atoms with van der Waals surface area (Å²) in [7, 11) is 0. The second-order valence-corrected chi connectivity index (χ2v) is 18.2. The Morgan fingerprint density at radius 3 is 1.07 bits per heavy atom. The van der Waals surface area contributed by atoms with Gasteiger partial charge in [-0.3, -0.25) is 0 Å². The maximum Gasteiger partial charge on any atom is 0.0973 e. The third kappa shape index (κ3) is 8.45. The predicted molar refractivity (Wildman–Crippen MR) is 303 cm³/mol. The average molecular weight is 932 g/mol. The number of para-hydroxylation sites is 4. The minimum absolute atomic E-state index is 0.848. The van der Waals surface area contributed by atoms with Gasteiger partial charge >= 0.3 is 0 Å². The molecule has 2 aromatic heterocycles. The number of fused-ring (bicyclic) bond motifs is 3. The fourth-order valence-corrected chi connectivity index (χ4v) is 10.1. The van der Waals surface area contributed by atoms with Gasteiger partial charge in [0.2, 0.25) is 0 Å². The standard InChI is InChI=1S/C68H45N5/c1-3-19-48(20-4-1)65-67(71-63-36-11-9-34-61(63)69-65)54-28-13-24-50(42-54)52-26-15-30-57(44-52)73(56-40-38-47(39-41-56)60-33-17-23-46-18-7-8-32-59(46)60)58-31-16-27-53(45-58)51-25-14-29-55(43-51)68-66(49-21-5-2-6-22-49)70-62-35-10-12-37-64(62)72-68/h1-45H. The molecule has 0 N–H and O–H groups in total. The molecule has 0 spiro atoms. The molecule has 5 nitrogen and oxygen atoms in total. The molecule has 5 heteroatoms. The van der Waals surface area contributed by atoms with Crippen LogP contribution in [-0.4, -0.2) is 19.9 Å². The van der Waals surface area contributed by atoms with Crippen LogP contribution in [0.4, 0.5) is 17.1 Å². The van der Waals surface area contributed by atoms with Crippen LogP contribution in [0.15, 0.2) is 273 Å². The molecule has 0 aliphatic heterocycles. The highest BCUT2D eigenvalue weighted by Crippen LogP contribution is 2.42. The Balaban J connectivity index is 0.920. The summed E-state index contributed by atoms with van der Waals surface area (Å²) in [5.74, 6) is 0. The Bertz CT molecular complexity index is 3940. The highest BCUT2D eigenvalue weighted by atomic mass is 15.1. The van der Waals surface area contributed by atoms with Crippen LogP contribution >= 0.6 is 0 Å². The summed E-state index contributed by atoms with van der Waals surface area (Å²) in [6.07, 6.45) is 0. The first-order valence-electron chi connectivity index (χ1n) is 24.6. The van der Waals surface area contributed by atoms with Crippen LogP contribution in [0.2, 0.25) is 0 Å². The monoisotopic (exact) mass is 931 g/mol. The van der Waals surface area contributed by atoms with Gasteiger partial charge in [0.25, 0.3) is 0 Å². The van der Waals surface area contributed by atoms with E-state index in [1.54, 1.807) is 0 Å². The molecule has 0 saturated carbocycles. The number of anilines is 3. The molecule has 0 radical (unpaired) electrons. The van der Waals surface area contributed by atoms with Crippen LogP contribution in [0, 0.1) is 0 Å². The molecular formula is C68H45N5. The van der Waals surface area contributed by atoms with Crippen LogP contribution < -0.4 is 4.90 Å². The Morgan fingerprint density at radius 1 is 0.219 bits per heavy atom. The van der Waals surface area contributed by atoms with E-state index in [9.17, 15) is 0 Å². The Hall–Kier alpha value is -9.84. The van der Waals surface area contributed by atoms with E-state index in [0.717, 1.165) is 112 Å². The first-order valence-corrected chi connectivity index (χ1v) is 24.6. The first kappa shape index (κ1) is 43.2. The summed E-state index contributed by atoms with van der Waals surface area (Å²) in [5.41, 5.74) is 20.7. The molecule has 73 heavy (non-hydrogen) atoms. The zero-order valence-electron chi connectivity index (χ0n) is 39.7. The van der Waals surface area contributed by atoms with Crippen LogP contribution in [0.3, 0.4) is 0 Å². The van der Waals surface area contributed by atoms with Crippen molar-refractivity contribution in [2.45, 2.75) is 0 Å². The summed E-state index contributed by atoms with van der Waals surface area (Å²) >= 11 is 0. The smallest absolute Gasteiger partial charge is 0.0973 e. The van der Waals surface area contributed by atoms with Gasteiger partial charge in [-0.1, -0.05) is 200 Å². The van der Waals surface area contributed by atoms with Crippen LogP contribution in [0.5, 0.6) is 0 Å². The SMILES string of the molecule is c1ccc(-c2nc3ccccc3nc2-c2cccc(-c3cccc(N(c4ccc(-c5cccc6ccccc56)cc4)c4cccc(-c5cccc(-c6nc7ccccc7nc6-c6ccccc6)c5)c4)c3)c2)cc1. The van der Waals surface area contributed by atoms with Gasteiger partial charge < -0.3 is 4.90 Å².